The van der Waals surface area contributed by atoms with Crippen LogP contribution in [0, 0.1) is 5.92 Å². The molecule has 98 valence electrons. The van der Waals surface area contributed by atoms with Crippen molar-refractivity contribution in [2.24, 2.45) is 11.7 Å². The Morgan fingerprint density at radius 3 is 2.59 bits per heavy atom. The largest absolute Gasteiger partial charge is 0.444 e. The predicted octanol–water partition coefficient (Wildman–Crippen LogP) is 2.12. The Morgan fingerprint density at radius 1 is 1.47 bits per heavy atom. The average Bonchev–Trinajstić information content (AvgIpc) is 2.95. The number of carbonyl (C=O) groups excluding carboxylic acids is 1. The number of ether oxygens (including phenoxy) is 1. The van der Waals surface area contributed by atoms with E-state index in [0.717, 1.165) is 38.8 Å². The SMILES string of the molecule is CC(C)(C)OC(=O)N1CCC(CN)CC12CC2. The van der Waals surface area contributed by atoms with Gasteiger partial charge in [-0.25, -0.2) is 4.79 Å². The van der Waals surface area contributed by atoms with E-state index in [1.54, 1.807) is 0 Å². The summed E-state index contributed by atoms with van der Waals surface area (Å²) in [5.41, 5.74) is 5.42. The number of amides is 1. The lowest BCUT2D eigenvalue weighted by Crippen LogP contribution is -2.50. The van der Waals surface area contributed by atoms with Gasteiger partial charge in [0.05, 0.1) is 0 Å². The van der Waals surface area contributed by atoms with Gasteiger partial charge in [0.15, 0.2) is 0 Å². The predicted molar refractivity (Wildman–Crippen MR) is 66.7 cm³/mol. The van der Waals surface area contributed by atoms with Gasteiger partial charge in [0.25, 0.3) is 0 Å². The lowest BCUT2D eigenvalue weighted by atomic mass is 9.89. The Bertz CT molecular complexity index is 305. The van der Waals surface area contributed by atoms with Gasteiger partial charge in [-0.15, -0.1) is 0 Å². The summed E-state index contributed by atoms with van der Waals surface area (Å²) in [6, 6.07) is 0. The topological polar surface area (TPSA) is 55.6 Å². The van der Waals surface area contributed by atoms with E-state index in [1.165, 1.54) is 0 Å². The second-order valence-corrected chi connectivity index (χ2v) is 6.45. The minimum atomic E-state index is -0.405. The van der Waals surface area contributed by atoms with Crippen molar-refractivity contribution in [3.63, 3.8) is 0 Å². The van der Waals surface area contributed by atoms with E-state index >= 15 is 0 Å². The lowest BCUT2D eigenvalue weighted by molar-refractivity contribution is 0.000290. The molecule has 1 amide bonds. The molecule has 4 heteroatoms. The van der Waals surface area contributed by atoms with Gasteiger partial charge < -0.3 is 15.4 Å². The van der Waals surface area contributed by atoms with Crippen LogP contribution in [0.1, 0.15) is 46.5 Å². The van der Waals surface area contributed by atoms with Crippen molar-refractivity contribution >= 4 is 6.09 Å². The average molecular weight is 240 g/mol. The van der Waals surface area contributed by atoms with Gasteiger partial charge in [-0.3, -0.25) is 0 Å². The van der Waals surface area contributed by atoms with E-state index in [-0.39, 0.29) is 11.6 Å². The van der Waals surface area contributed by atoms with Crippen LogP contribution < -0.4 is 5.73 Å². The van der Waals surface area contributed by atoms with Crippen LogP contribution in [0.4, 0.5) is 4.79 Å². The number of rotatable bonds is 1. The first-order chi connectivity index (χ1) is 7.86. The molecule has 1 atom stereocenters. The van der Waals surface area contributed by atoms with Gasteiger partial charge in [0, 0.05) is 12.1 Å². The van der Waals surface area contributed by atoms with Gasteiger partial charge in [-0.05, 0) is 58.9 Å². The third-order valence-electron chi connectivity index (χ3n) is 3.78. The van der Waals surface area contributed by atoms with Crippen molar-refractivity contribution < 1.29 is 9.53 Å². The fourth-order valence-corrected chi connectivity index (χ4v) is 2.72. The minimum absolute atomic E-state index is 0.0879. The zero-order valence-corrected chi connectivity index (χ0v) is 11.2. The first kappa shape index (κ1) is 12.7. The number of hydrogen-bond acceptors (Lipinski definition) is 3. The third-order valence-corrected chi connectivity index (χ3v) is 3.78. The summed E-state index contributed by atoms with van der Waals surface area (Å²) < 4.78 is 5.48. The number of piperidine rings is 1. The van der Waals surface area contributed by atoms with Crippen LogP contribution in [0.5, 0.6) is 0 Å². The summed E-state index contributed by atoms with van der Waals surface area (Å²) in [4.78, 5) is 14.1. The molecule has 2 fully saturated rings. The summed E-state index contributed by atoms with van der Waals surface area (Å²) in [6.45, 7) is 7.28. The van der Waals surface area contributed by atoms with Crippen molar-refractivity contribution in [1.29, 1.82) is 0 Å². The standard InChI is InChI=1S/C13H24N2O2/c1-12(2,3)17-11(16)15-7-4-10(9-14)8-13(15)5-6-13/h10H,4-9,14H2,1-3H3. The molecule has 2 rings (SSSR count). The minimum Gasteiger partial charge on any atom is -0.444 e. The van der Waals surface area contributed by atoms with E-state index in [4.69, 9.17) is 10.5 Å². The Morgan fingerprint density at radius 2 is 2.12 bits per heavy atom. The molecule has 1 heterocycles. The van der Waals surface area contributed by atoms with Gasteiger partial charge >= 0.3 is 6.09 Å². The van der Waals surface area contributed by atoms with E-state index < -0.39 is 5.60 Å². The molecule has 1 saturated heterocycles. The third kappa shape index (κ3) is 2.73. The molecule has 1 saturated carbocycles. The molecule has 1 aliphatic carbocycles. The van der Waals surface area contributed by atoms with E-state index in [9.17, 15) is 4.79 Å². The first-order valence-electron chi connectivity index (χ1n) is 6.57. The van der Waals surface area contributed by atoms with Gasteiger partial charge in [0.2, 0.25) is 0 Å². The maximum Gasteiger partial charge on any atom is 0.410 e. The summed E-state index contributed by atoms with van der Waals surface area (Å²) in [5.74, 6) is 0.580. The highest BCUT2D eigenvalue weighted by atomic mass is 16.6. The number of nitrogens with zero attached hydrogens (tertiary/aromatic N) is 1. The molecular formula is C13H24N2O2. The van der Waals surface area contributed by atoms with Crippen molar-refractivity contribution in [3.05, 3.63) is 0 Å². The molecule has 0 radical (unpaired) electrons. The number of likely N-dealkylation sites (tertiary alicyclic amines) is 1. The second kappa shape index (κ2) is 4.16. The highest BCUT2D eigenvalue weighted by molar-refractivity contribution is 5.70. The van der Waals surface area contributed by atoms with Gasteiger partial charge in [-0.1, -0.05) is 0 Å². The molecule has 0 aromatic rings. The van der Waals surface area contributed by atoms with Gasteiger partial charge in [-0.2, -0.15) is 0 Å². The summed E-state index contributed by atoms with van der Waals surface area (Å²) >= 11 is 0. The Kier molecular flexibility index (Phi) is 3.10. The van der Waals surface area contributed by atoms with Crippen molar-refractivity contribution in [3.8, 4) is 0 Å². The van der Waals surface area contributed by atoms with Crippen LogP contribution in [-0.2, 0) is 4.74 Å². The van der Waals surface area contributed by atoms with Crippen LogP contribution in [-0.4, -0.2) is 35.2 Å². The van der Waals surface area contributed by atoms with Crippen LogP contribution in [0.2, 0.25) is 0 Å². The molecule has 1 aliphatic heterocycles. The Balaban J connectivity index is 2.00. The number of carbonyl (C=O) groups is 1. The first-order valence-corrected chi connectivity index (χ1v) is 6.57. The van der Waals surface area contributed by atoms with Crippen molar-refractivity contribution in [2.75, 3.05) is 13.1 Å². The molecular weight excluding hydrogens is 216 g/mol. The molecule has 2 aliphatic rings. The number of nitrogens with two attached hydrogens (primary N) is 1. The summed E-state index contributed by atoms with van der Waals surface area (Å²) in [5, 5.41) is 0. The highest BCUT2D eigenvalue weighted by Crippen LogP contribution is 2.50. The number of hydrogen-bond donors (Lipinski definition) is 1. The van der Waals surface area contributed by atoms with Gasteiger partial charge in [0.1, 0.15) is 5.60 Å². The fourth-order valence-electron chi connectivity index (χ4n) is 2.72. The molecule has 0 bridgehead atoms. The molecule has 0 aromatic carbocycles. The fraction of sp³-hybridized carbons (Fsp3) is 0.923. The molecule has 1 unspecified atom stereocenters. The summed E-state index contributed by atoms with van der Waals surface area (Å²) in [6.07, 6.45) is 4.15. The van der Waals surface area contributed by atoms with E-state index in [0.29, 0.717) is 5.92 Å². The zero-order chi connectivity index (χ0) is 12.7. The highest BCUT2D eigenvalue weighted by Gasteiger charge is 2.53. The van der Waals surface area contributed by atoms with Crippen molar-refractivity contribution in [1.82, 2.24) is 4.90 Å². The van der Waals surface area contributed by atoms with Crippen LogP contribution >= 0.6 is 0 Å². The quantitative estimate of drug-likeness (QED) is 0.764. The monoisotopic (exact) mass is 240 g/mol. The maximum absolute atomic E-state index is 12.1. The lowest BCUT2D eigenvalue weighted by Gasteiger charge is -2.40. The molecule has 17 heavy (non-hydrogen) atoms. The van der Waals surface area contributed by atoms with Crippen LogP contribution in [0.3, 0.4) is 0 Å². The second-order valence-electron chi connectivity index (χ2n) is 6.45. The normalized spacial score (nSPS) is 27.1. The van der Waals surface area contributed by atoms with E-state index in [1.807, 2.05) is 25.7 Å². The molecule has 2 N–H and O–H groups in total. The molecule has 4 nitrogen and oxygen atoms in total. The Labute approximate surface area is 103 Å². The maximum atomic E-state index is 12.1. The zero-order valence-electron chi connectivity index (χ0n) is 11.2. The molecule has 0 aromatic heterocycles. The van der Waals surface area contributed by atoms with Crippen LogP contribution in [0.15, 0.2) is 0 Å². The van der Waals surface area contributed by atoms with Crippen molar-refractivity contribution in [2.45, 2.75) is 57.6 Å². The smallest absolute Gasteiger partial charge is 0.410 e. The van der Waals surface area contributed by atoms with Crippen LogP contribution in [0.25, 0.3) is 0 Å². The molecule has 1 spiro atoms. The summed E-state index contributed by atoms with van der Waals surface area (Å²) in [7, 11) is 0. The Hall–Kier alpha value is -0.770. The van der Waals surface area contributed by atoms with E-state index in [2.05, 4.69) is 0 Å².